The summed E-state index contributed by atoms with van der Waals surface area (Å²) in [5.41, 5.74) is 7.99. The number of nitrogens with two attached hydrogens (primary N) is 1. The van der Waals surface area contributed by atoms with Gasteiger partial charge in [0, 0.05) is 23.7 Å². The third-order valence-corrected chi connectivity index (χ3v) is 3.50. The minimum absolute atomic E-state index is 0. The first-order valence-electron chi connectivity index (χ1n) is 6.24. The first-order chi connectivity index (χ1) is 9.19. The molecule has 3 rings (SSSR count). The fourth-order valence-electron chi connectivity index (χ4n) is 2.21. The topological polar surface area (TPSA) is 48.1 Å². The number of benzene rings is 1. The second-order valence-electron chi connectivity index (χ2n) is 4.83. The van der Waals surface area contributed by atoms with Crippen molar-refractivity contribution in [2.75, 3.05) is 7.11 Å². The smallest absolute Gasteiger partial charge is 0.132 e. The summed E-state index contributed by atoms with van der Waals surface area (Å²) in [5, 5.41) is 0. The maximum absolute atomic E-state index is 13.8. The second kappa shape index (κ2) is 5.77. The molecule has 5 heteroatoms. The summed E-state index contributed by atoms with van der Waals surface area (Å²) in [6.07, 6.45) is 2.79. The van der Waals surface area contributed by atoms with E-state index < -0.39 is 0 Å². The number of methoxy groups -OCH3 is 1. The van der Waals surface area contributed by atoms with Gasteiger partial charge >= 0.3 is 0 Å². The van der Waals surface area contributed by atoms with Crippen LogP contribution in [-0.2, 0) is 0 Å². The Labute approximate surface area is 123 Å². The molecule has 2 atom stereocenters. The minimum Gasteiger partial charge on any atom is -0.497 e. The summed E-state index contributed by atoms with van der Waals surface area (Å²) in [6, 6.07) is 8.69. The molecule has 1 aliphatic rings. The molecular formula is C15H16ClFN2O. The fourth-order valence-corrected chi connectivity index (χ4v) is 2.21. The lowest BCUT2D eigenvalue weighted by atomic mass is 10.1. The van der Waals surface area contributed by atoms with E-state index in [1.54, 1.807) is 25.4 Å². The van der Waals surface area contributed by atoms with E-state index in [9.17, 15) is 4.39 Å². The lowest BCUT2D eigenvalue weighted by Gasteiger charge is -2.06. The minimum atomic E-state index is -0.302. The second-order valence-corrected chi connectivity index (χ2v) is 4.83. The predicted molar refractivity (Wildman–Crippen MR) is 78.8 cm³/mol. The van der Waals surface area contributed by atoms with Gasteiger partial charge in [-0.3, -0.25) is 4.98 Å². The van der Waals surface area contributed by atoms with Crippen molar-refractivity contribution in [3.8, 4) is 17.0 Å². The highest BCUT2D eigenvalue weighted by atomic mass is 35.5. The molecule has 2 aromatic rings. The van der Waals surface area contributed by atoms with Gasteiger partial charge in [0.25, 0.3) is 0 Å². The molecule has 0 saturated heterocycles. The van der Waals surface area contributed by atoms with E-state index in [-0.39, 0.29) is 24.3 Å². The summed E-state index contributed by atoms with van der Waals surface area (Å²) >= 11 is 0. The van der Waals surface area contributed by atoms with Crippen LogP contribution in [0.1, 0.15) is 17.9 Å². The molecule has 0 radical (unpaired) electrons. The van der Waals surface area contributed by atoms with E-state index in [1.165, 1.54) is 6.07 Å². The molecule has 1 fully saturated rings. The standard InChI is InChI=1S/C15H15FN2O.ClH/c1-19-10-3-4-13(16)12(6-10)15-5-2-9(8-18-15)11-7-14(11)17;/h2-6,8,11,14H,7,17H2,1H3;1H. The van der Waals surface area contributed by atoms with E-state index in [1.807, 2.05) is 12.1 Å². The molecule has 20 heavy (non-hydrogen) atoms. The normalized spacial score (nSPS) is 20.1. The lowest BCUT2D eigenvalue weighted by Crippen LogP contribution is -2.01. The monoisotopic (exact) mass is 294 g/mol. The lowest BCUT2D eigenvalue weighted by molar-refractivity contribution is 0.414. The number of pyridine rings is 1. The summed E-state index contributed by atoms with van der Waals surface area (Å²) < 4.78 is 18.9. The molecule has 1 aromatic carbocycles. The van der Waals surface area contributed by atoms with Gasteiger partial charge in [0.15, 0.2) is 0 Å². The maximum atomic E-state index is 13.8. The van der Waals surface area contributed by atoms with Gasteiger partial charge in [0.2, 0.25) is 0 Å². The first kappa shape index (κ1) is 14.8. The Hall–Kier alpha value is -1.65. The van der Waals surface area contributed by atoms with Crippen LogP contribution in [0.25, 0.3) is 11.3 Å². The molecule has 0 aliphatic heterocycles. The molecule has 106 valence electrons. The van der Waals surface area contributed by atoms with Crippen LogP contribution in [0.3, 0.4) is 0 Å². The molecule has 1 aromatic heterocycles. The van der Waals surface area contributed by atoms with E-state index >= 15 is 0 Å². The predicted octanol–water partition coefficient (Wildman–Crippen LogP) is 3.13. The van der Waals surface area contributed by atoms with Crippen LogP contribution in [0.4, 0.5) is 4.39 Å². The average molecular weight is 295 g/mol. The summed E-state index contributed by atoms with van der Waals surface area (Å²) in [5.74, 6) is 0.729. The molecule has 3 nitrogen and oxygen atoms in total. The van der Waals surface area contributed by atoms with Crippen LogP contribution in [0.2, 0.25) is 0 Å². The zero-order valence-electron chi connectivity index (χ0n) is 11.0. The van der Waals surface area contributed by atoms with Gasteiger partial charge in [-0.15, -0.1) is 12.4 Å². The molecule has 2 unspecified atom stereocenters. The number of rotatable bonds is 3. The number of nitrogens with zero attached hydrogens (tertiary/aromatic N) is 1. The molecule has 2 N–H and O–H groups in total. The Balaban J connectivity index is 0.00000147. The van der Waals surface area contributed by atoms with Crippen LogP contribution >= 0.6 is 12.4 Å². The van der Waals surface area contributed by atoms with Gasteiger partial charge in [-0.1, -0.05) is 6.07 Å². The van der Waals surface area contributed by atoms with Gasteiger partial charge in [0.1, 0.15) is 11.6 Å². The molecule has 0 spiro atoms. The SMILES string of the molecule is COc1ccc(F)c(-c2ccc(C3CC3N)cn2)c1.Cl. The Morgan fingerprint density at radius 2 is 2.05 bits per heavy atom. The van der Waals surface area contributed by atoms with Crippen molar-refractivity contribution in [3.05, 3.63) is 47.9 Å². The zero-order chi connectivity index (χ0) is 13.4. The largest absolute Gasteiger partial charge is 0.497 e. The Morgan fingerprint density at radius 1 is 1.30 bits per heavy atom. The van der Waals surface area contributed by atoms with Crippen LogP contribution in [-0.4, -0.2) is 18.1 Å². The number of hydrogen-bond donors (Lipinski definition) is 1. The summed E-state index contributed by atoms with van der Waals surface area (Å²) in [4.78, 5) is 4.33. The summed E-state index contributed by atoms with van der Waals surface area (Å²) in [6.45, 7) is 0. The number of ether oxygens (including phenoxy) is 1. The van der Waals surface area contributed by atoms with E-state index in [0.717, 1.165) is 12.0 Å². The number of aromatic nitrogens is 1. The molecule has 1 heterocycles. The molecule has 0 amide bonds. The third kappa shape index (κ3) is 2.76. The van der Waals surface area contributed by atoms with Crippen molar-refractivity contribution in [1.29, 1.82) is 0 Å². The highest BCUT2D eigenvalue weighted by Crippen LogP contribution is 2.39. The van der Waals surface area contributed by atoms with Crippen molar-refractivity contribution in [2.24, 2.45) is 5.73 Å². The van der Waals surface area contributed by atoms with Crippen molar-refractivity contribution in [3.63, 3.8) is 0 Å². The van der Waals surface area contributed by atoms with Crippen molar-refractivity contribution >= 4 is 12.4 Å². The Kier molecular flexibility index (Phi) is 4.26. The molecule has 0 bridgehead atoms. The first-order valence-corrected chi connectivity index (χ1v) is 6.24. The average Bonchev–Trinajstić information content (AvgIpc) is 3.17. The molecule has 1 aliphatic carbocycles. The third-order valence-electron chi connectivity index (χ3n) is 3.50. The van der Waals surface area contributed by atoms with E-state index in [0.29, 0.717) is 22.9 Å². The van der Waals surface area contributed by atoms with Gasteiger partial charge < -0.3 is 10.5 Å². The van der Waals surface area contributed by atoms with Crippen molar-refractivity contribution in [1.82, 2.24) is 4.98 Å². The highest BCUT2D eigenvalue weighted by Gasteiger charge is 2.34. The van der Waals surface area contributed by atoms with Gasteiger partial charge in [-0.25, -0.2) is 4.39 Å². The number of halogens is 2. The quantitative estimate of drug-likeness (QED) is 0.946. The highest BCUT2D eigenvalue weighted by molar-refractivity contribution is 5.85. The van der Waals surface area contributed by atoms with Gasteiger partial charge in [0.05, 0.1) is 12.8 Å². The number of hydrogen-bond acceptors (Lipinski definition) is 3. The van der Waals surface area contributed by atoms with Crippen LogP contribution < -0.4 is 10.5 Å². The van der Waals surface area contributed by atoms with Crippen LogP contribution in [0, 0.1) is 5.82 Å². The van der Waals surface area contributed by atoms with E-state index in [2.05, 4.69) is 4.98 Å². The zero-order valence-corrected chi connectivity index (χ0v) is 11.9. The van der Waals surface area contributed by atoms with Gasteiger partial charge in [-0.05, 0) is 36.2 Å². The maximum Gasteiger partial charge on any atom is 0.132 e. The fraction of sp³-hybridized carbons (Fsp3) is 0.267. The molecule has 1 saturated carbocycles. The van der Waals surface area contributed by atoms with Crippen molar-refractivity contribution in [2.45, 2.75) is 18.4 Å². The Morgan fingerprint density at radius 3 is 2.60 bits per heavy atom. The van der Waals surface area contributed by atoms with Gasteiger partial charge in [-0.2, -0.15) is 0 Å². The van der Waals surface area contributed by atoms with Crippen molar-refractivity contribution < 1.29 is 9.13 Å². The Bertz CT molecular complexity index is 603. The summed E-state index contributed by atoms with van der Waals surface area (Å²) in [7, 11) is 1.56. The molecular weight excluding hydrogens is 279 g/mol. The van der Waals surface area contributed by atoms with E-state index in [4.69, 9.17) is 10.5 Å². The van der Waals surface area contributed by atoms with Crippen LogP contribution in [0.15, 0.2) is 36.5 Å². The van der Waals surface area contributed by atoms with Crippen LogP contribution in [0.5, 0.6) is 5.75 Å².